The zero-order valence-corrected chi connectivity index (χ0v) is 6.58. The van der Waals surface area contributed by atoms with Crippen LogP contribution in [0.15, 0.2) is 0 Å². The summed E-state index contributed by atoms with van der Waals surface area (Å²) in [4.78, 5) is 9.36. The van der Waals surface area contributed by atoms with E-state index in [2.05, 4.69) is 0 Å². The zero-order valence-electron chi connectivity index (χ0n) is 3.74. The molecule has 0 N–H and O–H groups in total. The van der Waals surface area contributed by atoms with E-state index in [-0.39, 0.29) is 32.7 Å². The molecule has 0 aliphatic heterocycles. The summed E-state index contributed by atoms with van der Waals surface area (Å²) >= 11 is 0. The average Bonchev–Trinajstić information content (AvgIpc) is 1.36. The van der Waals surface area contributed by atoms with E-state index in [4.69, 9.17) is 0 Å². The number of ketones is 1. The van der Waals surface area contributed by atoms with E-state index in [1.165, 1.54) is 0 Å². The molecular weight excluding hydrogens is 179 g/mol. The first kappa shape index (κ1) is 10.5. The Morgan fingerprint density at radius 1 is 1.57 bits per heavy atom. The van der Waals surface area contributed by atoms with Crippen LogP contribution >= 0.6 is 0 Å². The van der Waals surface area contributed by atoms with Gasteiger partial charge in [0.2, 0.25) is 0 Å². The topological polar surface area (TPSA) is 17.1 Å². The van der Waals surface area contributed by atoms with Gasteiger partial charge in [0.1, 0.15) is 0 Å². The second kappa shape index (κ2) is 4.66. The van der Waals surface area contributed by atoms with Crippen LogP contribution in [0.25, 0.3) is 0 Å². The van der Waals surface area contributed by atoms with E-state index < -0.39 is 12.2 Å². The number of hydrogen-bond acceptors (Lipinski definition) is 1. The molecule has 0 aromatic heterocycles. The van der Waals surface area contributed by atoms with Crippen LogP contribution in [0.4, 0.5) is 8.78 Å². The van der Waals surface area contributed by atoms with Crippen molar-refractivity contribution in [2.24, 2.45) is 0 Å². The molecule has 0 heterocycles. The van der Waals surface area contributed by atoms with Gasteiger partial charge < -0.3 is 13.6 Å². The molecule has 7 heavy (non-hydrogen) atoms. The van der Waals surface area contributed by atoms with Gasteiger partial charge in [-0.3, -0.25) is 0 Å². The molecule has 0 aliphatic rings. The van der Waals surface area contributed by atoms with Crippen molar-refractivity contribution in [1.82, 2.24) is 0 Å². The van der Waals surface area contributed by atoms with Crippen molar-refractivity contribution < 1.29 is 46.3 Å². The van der Waals surface area contributed by atoms with E-state index in [0.717, 1.165) is 6.92 Å². The molecule has 0 spiro atoms. The molecular formula is C3H3F2OY+2. The average molecular weight is 182 g/mol. The first-order valence-corrected chi connectivity index (χ1v) is 1.33. The molecule has 0 radical (unpaired) electrons. The van der Waals surface area contributed by atoms with Crippen LogP contribution in [0.1, 0.15) is 6.92 Å². The van der Waals surface area contributed by atoms with Crippen molar-refractivity contribution in [1.29, 1.82) is 0 Å². The summed E-state index contributed by atoms with van der Waals surface area (Å²) in [5, 5.41) is 0. The van der Waals surface area contributed by atoms with Crippen molar-refractivity contribution >= 4 is 5.78 Å². The summed E-state index contributed by atoms with van der Waals surface area (Å²) in [6, 6.07) is 0. The molecule has 0 fully saturated rings. The molecule has 0 rings (SSSR count). The largest absolute Gasteiger partial charge is 3.00 e. The number of hydrogen-bond donors (Lipinski definition) is 0. The Morgan fingerprint density at radius 2 is 1.71 bits per heavy atom. The van der Waals surface area contributed by atoms with E-state index in [9.17, 15) is 13.6 Å². The molecule has 0 bridgehead atoms. The van der Waals surface area contributed by atoms with Crippen molar-refractivity contribution in [3.63, 3.8) is 0 Å². The fourth-order valence-corrected chi connectivity index (χ4v) is 0. The maximum absolute atomic E-state index is 10.7. The quantitative estimate of drug-likeness (QED) is 0.553. The van der Waals surface area contributed by atoms with Gasteiger partial charge in [-0.25, -0.2) is 0 Å². The van der Waals surface area contributed by atoms with Gasteiger partial charge in [-0.15, -0.1) is 0 Å². The Kier molecular flexibility index (Phi) is 6.97. The van der Waals surface area contributed by atoms with E-state index in [0.29, 0.717) is 0 Å². The first-order chi connectivity index (χ1) is 2.64. The van der Waals surface area contributed by atoms with Gasteiger partial charge in [-0.2, -0.15) is 0 Å². The molecule has 0 aromatic rings. The summed E-state index contributed by atoms with van der Waals surface area (Å²) in [5.41, 5.74) is 0. The third kappa shape index (κ3) is 6.50. The van der Waals surface area contributed by atoms with Gasteiger partial charge in [0, 0.05) is 6.43 Å². The van der Waals surface area contributed by atoms with Crippen molar-refractivity contribution in [2.45, 2.75) is 6.92 Å². The zero-order chi connectivity index (χ0) is 5.15. The normalized spacial score (nSPS) is 6.71. The van der Waals surface area contributed by atoms with Gasteiger partial charge in [0.15, 0.2) is 0 Å². The Balaban J connectivity index is 0. The number of carbonyl (C=O) groups excluding carboxylic acids is 1. The van der Waals surface area contributed by atoms with Crippen molar-refractivity contribution in [3.8, 4) is 0 Å². The minimum Gasteiger partial charge on any atom is -0.392 e. The molecule has 0 aliphatic carbocycles. The summed E-state index contributed by atoms with van der Waals surface area (Å²) in [5.74, 6) is -1.16. The standard InChI is InChI=1S/C3H3F2O.Y/c1-2(6)3(4)5;/h1H3;/q-1;+3. The molecule has 0 saturated heterocycles. The maximum Gasteiger partial charge on any atom is 3.00 e. The molecule has 1 nitrogen and oxygen atoms in total. The second-order valence-corrected chi connectivity index (χ2v) is 0.817. The van der Waals surface area contributed by atoms with Crippen LogP contribution in [-0.4, -0.2) is 5.78 Å². The van der Waals surface area contributed by atoms with Crippen LogP contribution in [-0.2, 0) is 37.5 Å². The van der Waals surface area contributed by atoms with Crippen molar-refractivity contribution in [3.05, 3.63) is 6.43 Å². The molecule has 4 heteroatoms. The minimum atomic E-state index is -2.13. The van der Waals surface area contributed by atoms with Gasteiger partial charge in [0.05, 0.1) is 5.78 Å². The molecule has 0 aromatic carbocycles. The summed E-state index contributed by atoms with van der Waals surface area (Å²) in [6.07, 6.45) is -2.13. The van der Waals surface area contributed by atoms with Gasteiger partial charge in [-0.1, -0.05) is 0 Å². The fourth-order valence-electron chi connectivity index (χ4n) is 0. The van der Waals surface area contributed by atoms with E-state index in [1.54, 1.807) is 0 Å². The van der Waals surface area contributed by atoms with Gasteiger partial charge in [0.25, 0.3) is 0 Å². The predicted molar refractivity (Wildman–Crippen MR) is 16.1 cm³/mol. The SMILES string of the molecule is CC(=O)[C-](F)F.[Y+3]. The van der Waals surface area contributed by atoms with Crippen LogP contribution in [0, 0.1) is 6.43 Å². The van der Waals surface area contributed by atoms with Crippen LogP contribution < -0.4 is 0 Å². The predicted octanol–water partition coefficient (Wildman–Crippen LogP) is 1.00. The fraction of sp³-hybridized carbons (Fsp3) is 0.333. The van der Waals surface area contributed by atoms with Gasteiger partial charge >= 0.3 is 32.7 Å². The minimum absolute atomic E-state index is 0. The Labute approximate surface area is 65.3 Å². The summed E-state index contributed by atoms with van der Waals surface area (Å²) in [7, 11) is 0. The van der Waals surface area contributed by atoms with E-state index in [1.807, 2.05) is 0 Å². The van der Waals surface area contributed by atoms with Crippen LogP contribution in [0.5, 0.6) is 0 Å². The summed E-state index contributed by atoms with van der Waals surface area (Å²) < 4.78 is 21.4. The second-order valence-electron chi connectivity index (χ2n) is 0.817. The van der Waals surface area contributed by atoms with Crippen LogP contribution in [0.2, 0.25) is 0 Å². The van der Waals surface area contributed by atoms with Crippen molar-refractivity contribution in [2.75, 3.05) is 0 Å². The van der Waals surface area contributed by atoms with Crippen LogP contribution in [0.3, 0.4) is 0 Å². The Morgan fingerprint density at radius 3 is 1.71 bits per heavy atom. The smallest absolute Gasteiger partial charge is 0.392 e. The van der Waals surface area contributed by atoms with E-state index >= 15 is 0 Å². The molecule has 0 saturated carbocycles. The Bertz CT molecular complexity index is 64.0. The first-order valence-electron chi connectivity index (χ1n) is 1.33. The molecule has 0 unspecified atom stereocenters. The molecule has 36 valence electrons. The monoisotopic (exact) mass is 182 g/mol. The van der Waals surface area contributed by atoms with Gasteiger partial charge in [-0.05, 0) is 6.92 Å². The summed E-state index contributed by atoms with van der Waals surface area (Å²) in [6.45, 7) is 0.815. The maximum atomic E-state index is 10.7. The Hall–Kier alpha value is 0.504. The third-order valence-electron chi connectivity index (χ3n) is 0.266. The number of carbonyl (C=O) groups is 1. The molecule has 0 amide bonds. The number of Topliss-reactive ketones (excluding diaryl/α,β-unsaturated/α-hetero) is 1. The number of rotatable bonds is 1. The molecule has 0 atom stereocenters. The number of halogens is 2. The third-order valence-corrected chi connectivity index (χ3v) is 0.266.